The fourth-order valence-corrected chi connectivity index (χ4v) is 1.19. The molecule has 0 saturated carbocycles. The maximum atomic E-state index is 11.7. The van der Waals surface area contributed by atoms with E-state index in [1.807, 2.05) is 20.8 Å². The van der Waals surface area contributed by atoms with Gasteiger partial charge in [-0.1, -0.05) is 20.8 Å². The average Bonchev–Trinajstić information content (AvgIpc) is 2.53. The van der Waals surface area contributed by atoms with E-state index in [2.05, 4.69) is 0 Å². The first-order chi connectivity index (χ1) is 6.41. The van der Waals surface area contributed by atoms with Gasteiger partial charge in [0, 0.05) is 6.42 Å². The molecule has 0 aromatic carbocycles. The minimum absolute atomic E-state index is 0.0545. The van der Waals surface area contributed by atoms with Gasteiger partial charge in [0.15, 0.2) is 5.78 Å². The number of carbonyl (C=O) groups excluding carboxylic acids is 1. The van der Waals surface area contributed by atoms with Gasteiger partial charge in [-0.05, 0) is 17.0 Å². The Hall–Kier alpha value is -1.09. The molecule has 14 heavy (non-hydrogen) atoms. The predicted molar refractivity (Wildman–Crippen MR) is 54.8 cm³/mol. The monoisotopic (exact) mass is 195 g/mol. The van der Waals surface area contributed by atoms with Crippen molar-refractivity contribution in [2.45, 2.75) is 33.2 Å². The van der Waals surface area contributed by atoms with Crippen LogP contribution in [0, 0.1) is 5.41 Å². The largest absolute Gasteiger partial charge is 0.472 e. The van der Waals surface area contributed by atoms with Gasteiger partial charge >= 0.3 is 0 Å². The Morgan fingerprint density at radius 2 is 2.21 bits per heavy atom. The van der Waals surface area contributed by atoms with Crippen molar-refractivity contribution in [3.63, 3.8) is 0 Å². The maximum Gasteiger partial charge on any atom is 0.154 e. The van der Waals surface area contributed by atoms with Crippen LogP contribution < -0.4 is 5.73 Å². The molecule has 0 saturated heterocycles. The second kappa shape index (κ2) is 3.96. The number of rotatable bonds is 3. The van der Waals surface area contributed by atoms with E-state index in [9.17, 15) is 4.79 Å². The van der Waals surface area contributed by atoms with E-state index in [0.717, 1.165) is 5.56 Å². The van der Waals surface area contributed by atoms with Crippen LogP contribution in [0.25, 0.3) is 0 Å². The summed E-state index contributed by atoms with van der Waals surface area (Å²) in [5.74, 6) is 0.0545. The van der Waals surface area contributed by atoms with E-state index in [4.69, 9.17) is 10.2 Å². The lowest BCUT2D eigenvalue weighted by Crippen LogP contribution is -2.43. The molecule has 1 unspecified atom stereocenters. The zero-order valence-electron chi connectivity index (χ0n) is 8.91. The Balaban J connectivity index is 2.59. The number of Topliss-reactive ketones (excluding diaryl/α,β-unsaturated/α-hetero) is 1. The fourth-order valence-electron chi connectivity index (χ4n) is 1.19. The standard InChI is InChI=1S/C11H17NO2/c1-11(2,3)10(12)9(13)6-8-4-5-14-7-8/h4-5,7,10H,6,12H2,1-3H3. The molecule has 1 atom stereocenters. The van der Waals surface area contributed by atoms with Gasteiger partial charge in [-0.2, -0.15) is 0 Å². The van der Waals surface area contributed by atoms with Crippen LogP contribution in [0.5, 0.6) is 0 Å². The van der Waals surface area contributed by atoms with Gasteiger partial charge in [0.2, 0.25) is 0 Å². The third-order valence-corrected chi connectivity index (χ3v) is 2.24. The number of hydrogen-bond donors (Lipinski definition) is 1. The summed E-state index contributed by atoms with van der Waals surface area (Å²) in [6, 6.07) is 1.37. The first-order valence-corrected chi connectivity index (χ1v) is 4.70. The molecular formula is C11H17NO2. The first-order valence-electron chi connectivity index (χ1n) is 4.70. The normalized spacial score (nSPS) is 14.0. The van der Waals surface area contributed by atoms with Gasteiger partial charge in [0.1, 0.15) is 0 Å². The van der Waals surface area contributed by atoms with Crippen molar-refractivity contribution in [2.75, 3.05) is 0 Å². The van der Waals surface area contributed by atoms with Gasteiger partial charge in [-0.25, -0.2) is 0 Å². The molecule has 1 aromatic heterocycles. The Bertz CT molecular complexity index is 296. The zero-order chi connectivity index (χ0) is 10.8. The maximum absolute atomic E-state index is 11.7. The number of furan rings is 1. The van der Waals surface area contributed by atoms with Gasteiger partial charge < -0.3 is 10.2 Å². The molecular weight excluding hydrogens is 178 g/mol. The summed E-state index contributed by atoms with van der Waals surface area (Å²) in [4.78, 5) is 11.7. The molecule has 0 aliphatic carbocycles. The van der Waals surface area contributed by atoms with Crippen molar-refractivity contribution in [1.29, 1.82) is 0 Å². The number of carbonyl (C=O) groups is 1. The Labute approximate surface area is 84.3 Å². The molecule has 1 heterocycles. The van der Waals surface area contributed by atoms with Crippen molar-refractivity contribution < 1.29 is 9.21 Å². The van der Waals surface area contributed by atoms with Crippen molar-refractivity contribution in [2.24, 2.45) is 11.1 Å². The Morgan fingerprint density at radius 3 is 2.64 bits per heavy atom. The highest BCUT2D eigenvalue weighted by molar-refractivity contribution is 5.86. The zero-order valence-corrected chi connectivity index (χ0v) is 8.91. The van der Waals surface area contributed by atoms with E-state index in [1.165, 1.54) is 0 Å². The smallest absolute Gasteiger partial charge is 0.154 e. The Morgan fingerprint density at radius 1 is 1.57 bits per heavy atom. The number of nitrogens with two attached hydrogens (primary N) is 1. The lowest BCUT2D eigenvalue weighted by atomic mass is 9.83. The second-order valence-corrected chi connectivity index (χ2v) is 4.62. The van der Waals surface area contributed by atoms with E-state index in [0.29, 0.717) is 6.42 Å². The minimum atomic E-state index is -0.419. The van der Waals surface area contributed by atoms with Crippen LogP contribution in [0.2, 0.25) is 0 Å². The van der Waals surface area contributed by atoms with E-state index >= 15 is 0 Å². The minimum Gasteiger partial charge on any atom is -0.472 e. The van der Waals surface area contributed by atoms with E-state index in [-0.39, 0.29) is 11.2 Å². The predicted octanol–water partition coefficient (Wildman–Crippen LogP) is 1.76. The molecule has 0 aliphatic rings. The molecule has 0 fully saturated rings. The van der Waals surface area contributed by atoms with E-state index < -0.39 is 6.04 Å². The summed E-state index contributed by atoms with van der Waals surface area (Å²) in [5, 5.41) is 0. The topological polar surface area (TPSA) is 56.2 Å². The third kappa shape index (κ3) is 2.70. The lowest BCUT2D eigenvalue weighted by molar-refractivity contribution is -0.121. The van der Waals surface area contributed by atoms with Gasteiger partial charge in [-0.3, -0.25) is 4.79 Å². The molecule has 0 spiro atoms. The number of hydrogen-bond acceptors (Lipinski definition) is 3. The van der Waals surface area contributed by atoms with Crippen molar-refractivity contribution in [3.8, 4) is 0 Å². The molecule has 0 radical (unpaired) electrons. The van der Waals surface area contributed by atoms with Crippen molar-refractivity contribution in [3.05, 3.63) is 24.2 Å². The summed E-state index contributed by atoms with van der Waals surface area (Å²) in [5.41, 5.74) is 6.53. The highest BCUT2D eigenvalue weighted by Crippen LogP contribution is 2.19. The van der Waals surface area contributed by atoms with Gasteiger partial charge in [0.05, 0.1) is 18.6 Å². The quantitative estimate of drug-likeness (QED) is 0.799. The Kier molecular flexibility index (Phi) is 3.11. The molecule has 0 amide bonds. The highest BCUT2D eigenvalue weighted by atomic mass is 16.3. The van der Waals surface area contributed by atoms with Crippen LogP contribution in [0.4, 0.5) is 0 Å². The van der Waals surface area contributed by atoms with Gasteiger partial charge in [0.25, 0.3) is 0 Å². The van der Waals surface area contributed by atoms with Crippen LogP contribution in [0.3, 0.4) is 0 Å². The van der Waals surface area contributed by atoms with E-state index in [1.54, 1.807) is 18.6 Å². The summed E-state index contributed by atoms with van der Waals surface area (Å²) in [6.45, 7) is 5.89. The SMILES string of the molecule is CC(C)(C)C(N)C(=O)Cc1ccoc1. The van der Waals surface area contributed by atoms with Crippen LogP contribution in [-0.2, 0) is 11.2 Å². The lowest BCUT2D eigenvalue weighted by Gasteiger charge is -2.25. The van der Waals surface area contributed by atoms with Crippen LogP contribution >= 0.6 is 0 Å². The summed E-state index contributed by atoms with van der Waals surface area (Å²) in [6.07, 6.45) is 3.49. The molecule has 0 aliphatic heterocycles. The molecule has 3 heteroatoms. The second-order valence-electron chi connectivity index (χ2n) is 4.62. The molecule has 0 bridgehead atoms. The van der Waals surface area contributed by atoms with Crippen molar-refractivity contribution in [1.82, 2.24) is 0 Å². The highest BCUT2D eigenvalue weighted by Gasteiger charge is 2.27. The average molecular weight is 195 g/mol. The fraction of sp³-hybridized carbons (Fsp3) is 0.545. The number of ketones is 1. The summed E-state index contributed by atoms with van der Waals surface area (Å²) >= 11 is 0. The molecule has 78 valence electrons. The first kappa shape index (κ1) is 11.0. The van der Waals surface area contributed by atoms with Crippen molar-refractivity contribution >= 4 is 5.78 Å². The third-order valence-electron chi connectivity index (χ3n) is 2.24. The summed E-state index contributed by atoms with van der Waals surface area (Å²) in [7, 11) is 0. The van der Waals surface area contributed by atoms with Gasteiger partial charge in [-0.15, -0.1) is 0 Å². The summed E-state index contributed by atoms with van der Waals surface area (Å²) < 4.78 is 4.89. The molecule has 1 rings (SSSR count). The molecule has 1 aromatic rings. The molecule has 3 nitrogen and oxygen atoms in total. The van der Waals surface area contributed by atoms with Crippen LogP contribution in [-0.4, -0.2) is 11.8 Å². The van der Waals surface area contributed by atoms with Crippen LogP contribution in [0.1, 0.15) is 26.3 Å². The molecule has 2 N–H and O–H groups in total. The van der Waals surface area contributed by atoms with Crippen LogP contribution in [0.15, 0.2) is 23.0 Å².